The fourth-order valence-corrected chi connectivity index (χ4v) is 4.08. The van der Waals surface area contributed by atoms with E-state index in [4.69, 9.17) is 4.74 Å². The van der Waals surface area contributed by atoms with Gasteiger partial charge in [-0.15, -0.1) is 10.2 Å². The minimum atomic E-state index is -0.565. The molecule has 2 aromatic carbocycles. The molecule has 0 bridgehead atoms. The van der Waals surface area contributed by atoms with Crippen molar-refractivity contribution in [3.63, 3.8) is 0 Å². The number of nitrogens with one attached hydrogen (secondary N) is 3. The van der Waals surface area contributed by atoms with Crippen LogP contribution in [0.2, 0.25) is 0 Å². The summed E-state index contributed by atoms with van der Waals surface area (Å²) in [5, 5.41) is 16.9. The number of hydrogen-bond donors (Lipinski definition) is 3. The number of carbonyl (C=O) groups is 2. The van der Waals surface area contributed by atoms with Crippen molar-refractivity contribution in [3.8, 4) is 5.75 Å². The van der Waals surface area contributed by atoms with Crippen molar-refractivity contribution in [2.45, 2.75) is 18.2 Å². The lowest BCUT2D eigenvalue weighted by atomic mass is 10.1. The highest BCUT2D eigenvalue weighted by atomic mass is 32.2. The van der Waals surface area contributed by atoms with Crippen molar-refractivity contribution in [1.82, 2.24) is 15.5 Å². The molecular formula is C20H21N5O3S2. The maximum absolute atomic E-state index is 12.1. The number of thioether (sulfide) groups is 1. The number of urea groups is 1. The average Bonchev–Trinajstić information content (AvgIpc) is 3.17. The van der Waals surface area contributed by atoms with Crippen LogP contribution in [0.4, 0.5) is 21.3 Å². The lowest BCUT2D eigenvalue weighted by molar-refractivity contribution is -0.117. The second-order valence-corrected chi connectivity index (χ2v) is 8.44. The van der Waals surface area contributed by atoms with Crippen LogP contribution in [0.5, 0.6) is 5.75 Å². The van der Waals surface area contributed by atoms with Gasteiger partial charge < -0.3 is 15.4 Å². The Kier molecular flexibility index (Phi) is 7.26. The Morgan fingerprint density at radius 1 is 1.07 bits per heavy atom. The normalized spacial score (nSPS) is 10.4. The van der Waals surface area contributed by atoms with Crippen molar-refractivity contribution in [3.05, 3.63) is 53.6 Å². The van der Waals surface area contributed by atoms with Gasteiger partial charge in [0.15, 0.2) is 4.34 Å². The summed E-state index contributed by atoms with van der Waals surface area (Å²) in [4.78, 5) is 24.1. The van der Waals surface area contributed by atoms with Crippen LogP contribution in [0, 0.1) is 13.8 Å². The fourth-order valence-electron chi connectivity index (χ4n) is 2.51. The van der Waals surface area contributed by atoms with E-state index in [2.05, 4.69) is 26.1 Å². The van der Waals surface area contributed by atoms with Gasteiger partial charge in [0.25, 0.3) is 0 Å². The molecule has 3 N–H and O–H groups in total. The molecule has 0 radical (unpaired) electrons. The number of aromatic nitrogens is 2. The number of aryl methyl sites for hydroxylation is 1. The molecule has 156 valence electrons. The van der Waals surface area contributed by atoms with Crippen LogP contribution in [-0.2, 0) is 4.79 Å². The van der Waals surface area contributed by atoms with E-state index in [1.54, 1.807) is 13.2 Å². The first kappa shape index (κ1) is 21.6. The summed E-state index contributed by atoms with van der Waals surface area (Å²) in [6, 6.07) is 12.5. The molecule has 3 aromatic rings. The molecule has 1 aromatic heterocycles. The highest BCUT2D eigenvalue weighted by Crippen LogP contribution is 2.31. The van der Waals surface area contributed by atoms with Crippen LogP contribution >= 0.6 is 23.1 Å². The van der Waals surface area contributed by atoms with Crippen molar-refractivity contribution in [1.29, 1.82) is 0 Å². The molecule has 0 unspecified atom stereocenters. The predicted molar refractivity (Wildman–Crippen MR) is 120 cm³/mol. The lowest BCUT2D eigenvalue weighted by Crippen LogP contribution is -2.35. The van der Waals surface area contributed by atoms with Gasteiger partial charge in [-0.1, -0.05) is 47.4 Å². The monoisotopic (exact) mass is 443 g/mol. The van der Waals surface area contributed by atoms with E-state index in [0.717, 1.165) is 16.8 Å². The minimum absolute atomic E-state index is 0.0451. The van der Waals surface area contributed by atoms with Gasteiger partial charge >= 0.3 is 6.03 Å². The number of imide groups is 1. The Labute approximate surface area is 182 Å². The Morgan fingerprint density at radius 3 is 2.63 bits per heavy atom. The molecule has 0 spiro atoms. The minimum Gasteiger partial charge on any atom is -0.495 e. The number of amides is 3. The third-order valence-electron chi connectivity index (χ3n) is 4.19. The molecule has 3 rings (SSSR count). The van der Waals surface area contributed by atoms with E-state index in [-0.39, 0.29) is 5.75 Å². The Balaban J connectivity index is 1.49. The Bertz CT molecular complexity index is 1050. The number of hydrogen-bond acceptors (Lipinski definition) is 8. The molecule has 10 heteroatoms. The van der Waals surface area contributed by atoms with Crippen molar-refractivity contribution in [2.24, 2.45) is 0 Å². The van der Waals surface area contributed by atoms with Gasteiger partial charge in [-0.05, 0) is 43.2 Å². The highest BCUT2D eigenvalue weighted by molar-refractivity contribution is 8.01. The van der Waals surface area contributed by atoms with Crippen LogP contribution < -0.4 is 20.7 Å². The number of rotatable bonds is 7. The summed E-state index contributed by atoms with van der Waals surface area (Å²) in [7, 11) is 1.59. The van der Waals surface area contributed by atoms with E-state index in [0.29, 0.717) is 20.9 Å². The summed E-state index contributed by atoms with van der Waals surface area (Å²) in [5.41, 5.74) is 3.46. The van der Waals surface area contributed by atoms with Crippen LogP contribution in [0.3, 0.4) is 0 Å². The summed E-state index contributed by atoms with van der Waals surface area (Å²) < 4.78 is 5.90. The Morgan fingerprint density at radius 2 is 1.83 bits per heavy atom. The van der Waals surface area contributed by atoms with Crippen LogP contribution in [0.25, 0.3) is 0 Å². The van der Waals surface area contributed by atoms with Crippen molar-refractivity contribution in [2.75, 3.05) is 23.5 Å². The first-order chi connectivity index (χ1) is 14.5. The first-order valence-corrected chi connectivity index (χ1v) is 10.8. The maximum Gasteiger partial charge on any atom is 0.325 e. The Hall–Kier alpha value is -3.11. The number of para-hydroxylation sites is 2. The van der Waals surface area contributed by atoms with Gasteiger partial charge in [0, 0.05) is 5.69 Å². The zero-order valence-electron chi connectivity index (χ0n) is 16.7. The number of ether oxygens (including phenoxy) is 1. The van der Waals surface area contributed by atoms with Gasteiger partial charge in [-0.25, -0.2) is 4.79 Å². The third kappa shape index (κ3) is 5.71. The second kappa shape index (κ2) is 10.1. The number of carbonyl (C=O) groups excluding carboxylic acids is 2. The zero-order chi connectivity index (χ0) is 21.5. The van der Waals surface area contributed by atoms with Crippen LogP contribution in [-0.4, -0.2) is 35.0 Å². The van der Waals surface area contributed by atoms with E-state index in [1.807, 2.05) is 50.2 Å². The van der Waals surface area contributed by atoms with E-state index >= 15 is 0 Å². The summed E-state index contributed by atoms with van der Waals surface area (Å²) in [6.45, 7) is 3.87. The largest absolute Gasteiger partial charge is 0.495 e. The molecule has 0 saturated carbocycles. The van der Waals surface area contributed by atoms with Gasteiger partial charge in [-0.2, -0.15) is 0 Å². The molecule has 0 saturated heterocycles. The number of nitrogens with zero attached hydrogens (tertiary/aromatic N) is 2. The molecule has 0 fully saturated rings. The number of methoxy groups -OCH3 is 1. The molecule has 0 atom stereocenters. The molecule has 3 amide bonds. The summed E-state index contributed by atoms with van der Waals surface area (Å²) in [6.07, 6.45) is 0. The second-order valence-electron chi connectivity index (χ2n) is 6.24. The number of anilines is 3. The lowest BCUT2D eigenvalue weighted by Gasteiger charge is -2.10. The molecule has 30 heavy (non-hydrogen) atoms. The maximum atomic E-state index is 12.1. The topological polar surface area (TPSA) is 105 Å². The van der Waals surface area contributed by atoms with Crippen LogP contribution in [0.15, 0.2) is 46.8 Å². The van der Waals surface area contributed by atoms with Crippen molar-refractivity contribution < 1.29 is 14.3 Å². The molecule has 8 nitrogen and oxygen atoms in total. The zero-order valence-corrected chi connectivity index (χ0v) is 18.3. The SMILES string of the molecule is COc1ccccc1Nc1nnc(SCC(=O)NC(=O)Nc2cccc(C)c2C)s1. The molecular weight excluding hydrogens is 422 g/mol. The predicted octanol–water partition coefficient (Wildman–Crippen LogP) is 4.35. The van der Waals surface area contributed by atoms with E-state index in [9.17, 15) is 9.59 Å². The molecule has 0 aliphatic carbocycles. The number of benzene rings is 2. The van der Waals surface area contributed by atoms with E-state index in [1.165, 1.54) is 23.1 Å². The third-order valence-corrected chi connectivity index (χ3v) is 6.16. The quantitative estimate of drug-likeness (QED) is 0.466. The molecule has 1 heterocycles. The van der Waals surface area contributed by atoms with Gasteiger partial charge in [0.1, 0.15) is 5.75 Å². The van der Waals surface area contributed by atoms with Gasteiger partial charge in [0.2, 0.25) is 11.0 Å². The standard InChI is InChI=1S/C20H21N5O3S2/c1-12-7-6-9-14(13(12)2)21-18(27)23-17(26)11-29-20-25-24-19(30-20)22-15-8-4-5-10-16(15)28-3/h4-10H,11H2,1-3H3,(H,22,24)(H2,21,23,26,27). The van der Waals surface area contributed by atoms with Crippen molar-refractivity contribution >= 4 is 51.5 Å². The van der Waals surface area contributed by atoms with Gasteiger partial charge in [0.05, 0.1) is 18.6 Å². The molecule has 0 aliphatic heterocycles. The average molecular weight is 444 g/mol. The highest BCUT2D eigenvalue weighted by Gasteiger charge is 2.13. The first-order valence-electron chi connectivity index (χ1n) is 8.99. The van der Waals surface area contributed by atoms with Crippen LogP contribution in [0.1, 0.15) is 11.1 Å². The summed E-state index contributed by atoms with van der Waals surface area (Å²) >= 11 is 2.51. The van der Waals surface area contributed by atoms with E-state index < -0.39 is 11.9 Å². The molecule has 0 aliphatic rings. The van der Waals surface area contributed by atoms with Gasteiger partial charge in [-0.3, -0.25) is 10.1 Å². The smallest absolute Gasteiger partial charge is 0.325 e. The fraction of sp³-hybridized carbons (Fsp3) is 0.200. The summed E-state index contributed by atoms with van der Waals surface area (Å²) in [5.74, 6) is 0.317.